The van der Waals surface area contributed by atoms with Crippen molar-refractivity contribution in [2.24, 2.45) is 5.73 Å². The lowest BCUT2D eigenvalue weighted by molar-refractivity contribution is 0.821. The quantitative estimate of drug-likeness (QED) is 0.837. The summed E-state index contributed by atoms with van der Waals surface area (Å²) in [4.78, 5) is 1.17. The van der Waals surface area contributed by atoms with Crippen LogP contribution in [0, 0.1) is 0 Å². The number of hydrogen-bond acceptors (Lipinski definition) is 2. The Hall–Kier alpha value is -0.830. The smallest absolute Gasteiger partial charge is 0.0934 e. The zero-order valence-corrected chi connectivity index (χ0v) is 9.98. The van der Waals surface area contributed by atoms with E-state index in [1.54, 1.807) is 11.3 Å². The van der Waals surface area contributed by atoms with E-state index in [1.807, 2.05) is 31.2 Å². The molecular formula is C12H12ClNS. The van der Waals surface area contributed by atoms with Crippen LogP contribution in [0.2, 0.25) is 4.34 Å². The van der Waals surface area contributed by atoms with E-state index in [-0.39, 0.29) is 6.04 Å². The van der Waals surface area contributed by atoms with Crippen LogP contribution in [0.4, 0.5) is 0 Å². The zero-order chi connectivity index (χ0) is 10.8. The molecule has 0 bridgehead atoms. The van der Waals surface area contributed by atoms with Gasteiger partial charge in [0.2, 0.25) is 0 Å². The van der Waals surface area contributed by atoms with E-state index in [0.29, 0.717) is 0 Å². The highest BCUT2D eigenvalue weighted by Crippen LogP contribution is 2.34. The van der Waals surface area contributed by atoms with Gasteiger partial charge in [0.25, 0.3) is 0 Å². The summed E-state index contributed by atoms with van der Waals surface area (Å²) in [6, 6.07) is 12.2. The van der Waals surface area contributed by atoms with E-state index in [9.17, 15) is 0 Å². The van der Waals surface area contributed by atoms with Crippen molar-refractivity contribution in [1.29, 1.82) is 0 Å². The summed E-state index contributed by atoms with van der Waals surface area (Å²) in [5.74, 6) is 0. The summed E-state index contributed by atoms with van der Waals surface area (Å²) < 4.78 is 0.810. The van der Waals surface area contributed by atoms with Crippen LogP contribution in [0.25, 0.3) is 10.4 Å². The van der Waals surface area contributed by atoms with Crippen molar-refractivity contribution in [1.82, 2.24) is 0 Å². The van der Waals surface area contributed by atoms with Crippen molar-refractivity contribution in [2.45, 2.75) is 13.0 Å². The molecular weight excluding hydrogens is 226 g/mol. The third-order valence-corrected chi connectivity index (χ3v) is 3.55. The predicted octanol–water partition coefficient (Wildman–Crippen LogP) is 4.09. The van der Waals surface area contributed by atoms with Gasteiger partial charge in [-0.05, 0) is 30.2 Å². The summed E-state index contributed by atoms with van der Waals surface area (Å²) in [5.41, 5.74) is 8.28. The molecule has 3 heteroatoms. The standard InChI is InChI=1S/C12H12ClNS/c1-8(14)9-4-2-3-5-10(9)11-6-7-12(13)15-11/h2-8H,14H2,1H3. The fourth-order valence-corrected chi connectivity index (χ4v) is 2.67. The van der Waals surface area contributed by atoms with E-state index in [4.69, 9.17) is 17.3 Å². The molecule has 1 nitrogen and oxygen atoms in total. The second-order valence-corrected chi connectivity index (χ2v) is 5.19. The molecule has 0 spiro atoms. The monoisotopic (exact) mass is 237 g/mol. The molecule has 2 N–H and O–H groups in total. The fourth-order valence-electron chi connectivity index (χ4n) is 1.58. The number of rotatable bonds is 2. The largest absolute Gasteiger partial charge is 0.324 e. The second kappa shape index (κ2) is 4.35. The number of benzene rings is 1. The average molecular weight is 238 g/mol. The molecule has 0 saturated carbocycles. The third kappa shape index (κ3) is 2.23. The van der Waals surface area contributed by atoms with Gasteiger partial charge in [-0.15, -0.1) is 11.3 Å². The lowest BCUT2D eigenvalue weighted by Gasteiger charge is -2.10. The molecule has 0 saturated heterocycles. The lowest BCUT2D eigenvalue weighted by atomic mass is 10.0. The van der Waals surface area contributed by atoms with Gasteiger partial charge in [0.1, 0.15) is 0 Å². The highest BCUT2D eigenvalue weighted by atomic mass is 35.5. The molecule has 1 atom stereocenters. The van der Waals surface area contributed by atoms with Gasteiger partial charge in [0.05, 0.1) is 4.34 Å². The minimum atomic E-state index is 0.0436. The van der Waals surface area contributed by atoms with Crippen LogP contribution in [0.3, 0.4) is 0 Å². The van der Waals surface area contributed by atoms with Gasteiger partial charge in [-0.3, -0.25) is 0 Å². The summed E-state index contributed by atoms with van der Waals surface area (Å²) in [6.45, 7) is 1.99. The number of halogens is 1. The molecule has 15 heavy (non-hydrogen) atoms. The van der Waals surface area contributed by atoms with Crippen molar-refractivity contribution < 1.29 is 0 Å². The Balaban J connectivity index is 2.52. The molecule has 1 heterocycles. The van der Waals surface area contributed by atoms with E-state index in [2.05, 4.69) is 12.1 Å². The van der Waals surface area contributed by atoms with Crippen molar-refractivity contribution in [3.8, 4) is 10.4 Å². The first-order valence-corrected chi connectivity index (χ1v) is 5.98. The Morgan fingerprint density at radius 3 is 2.53 bits per heavy atom. The normalized spacial score (nSPS) is 12.7. The van der Waals surface area contributed by atoms with Gasteiger partial charge >= 0.3 is 0 Å². The van der Waals surface area contributed by atoms with Crippen LogP contribution in [-0.2, 0) is 0 Å². The predicted molar refractivity (Wildman–Crippen MR) is 67.4 cm³/mol. The molecule has 0 aliphatic rings. The minimum Gasteiger partial charge on any atom is -0.324 e. The lowest BCUT2D eigenvalue weighted by Crippen LogP contribution is -2.05. The highest BCUT2D eigenvalue weighted by molar-refractivity contribution is 7.19. The van der Waals surface area contributed by atoms with Crippen LogP contribution in [0.15, 0.2) is 36.4 Å². The summed E-state index contributed by atoms with van der Waals surface area (Å²) in [7, 11) is 0. The van der Waals surface area contributed by atoms with Gasteiger partial charge in [-0.1, -0.05) is 35.9 Å². The number of nitrogens with two attached hydrogens (primary N) is 1. The molecule has 1 aromatic heterocycles. The van der Waals surface area contributed by atoms with Crippen molar-refractivity contribution in [3.05, 3.63) is 46.3 Å². The molecule has 0 aliphatic carbocycles. The Kier molecular flexibility index (Phi) is 3.10. The number of thiophene rings is 1. The van der Waals surface area contributed by atoms with Crippen molar-refractivity contribution in [3.63, 3.8) is 0 Å². The maximum Gasteiger partial charge on any atom is 0.0934 e. The van der Waals surface area contributed by atoms with Crippen LogP contribution in [0.5, 0.6) is 0 Å². The summed E-state index contributed by atoms with van der Waals surface area (Å²) >= 11 is 7.51. The van der Waals surface area contributed by atoms with Gasteiger partial charge in [-0.25, -0.2) is 0 Å². The minimum absolute atomic E-state index is 0.0436. The second-order valence-electron chi connectivity index (χ2n) is 3.48. The Morgan fingerprint density at radius 1 is 1.20 bits per heavy atom. The summed E-state index contributed by atoms with van der Waals surface area (Å²) in [6.07, 6.45) is 0. The molecule has 0 radical (unpaired) electrons. The van der Waals surface area contributed by atoms with Gasteiger partial charge < -0.3 is 5.73 Å². The van der Waals surface area contributed by atoms with Crippen LogP contribution in [-0.4, -0.2) is 0 Å². The molecule has 78 valence electrons. The first-order valence-electron chi connectivity index (χ1n) is 4.78. The molecule has 0 amide bonds. The molecule has 0 aliphatic heterocycles. The van der Waals surface area contributed by atoms with Crippen molar-refractivity contribution >= 4 is 22.9 Å². The van der Waals surface area contributed by atoms with E-state index in [0.717, 1.165) is 9.90 Å². The Bertz CT molecular complexity index is 462. The third-order valence-electron chi connectivity index (χ3n) is 2.29. The molecule has 2 rings (SSSR count). The topological polar surface area (TPSA) is 26.0 Å². The van der Waals surface area contributed by atoms with Gasteiger partial charge in [0.15, 0.2) is 0 Å². The SMILES string of the molecule is CC(N)c1ccccc1-c1ccc(Cl)s1. The summed E-state index contributed by atoms with van der Waals surface area (Å²) in [5, 5.41) is 0. The van der Waals surface area contributed by atoms with E-state index < -0.39 is 0 Å². The maximum absolute atomic E-state index is 5.93. The van der Waals surface area contributed by atoms with Crippen LogP contribution < -0.4 is 5.73 Å². The molecule has 1 aromatic carbocycles. The highest BCUT2D eigenvalue weighted by Gasteiger charge is 2.09. The Morgan fingerprint density at radius 2 is 1.93 bits per heavy atom. The van der Waals surface area contributed by atoms with Gasteiger partial charge in [0, 0.05) is 10.9 Å². The molecule has 1 unspecified atom stereocenters. The molecule has 0 fully saturated rings. The molecule has 2 aromatic rings. The van der Waals surface area contributed by atoms with E-state index in [1.165, 1.54) is 10.4 Å². The van der Waals surface area contributed by atoms with Crippen molar-refractivity contribution in [2.75, 3.05) is 0 Å². The van der Waals surface area contributed by atoms with Gasteiger partial charge in [-0.2, -0.15) is 0 Å². The first-order chi connectivity index (χ1) is 7.18. The Labute approximate surface area is 98.5 Å². The first kappa shape index (κ1) is 10.7. The van der Waals surface area contributed by atoms with E-state index >= 15 is 0 Å². The number of hydrogen-bond donors (Lipinski definition) is 1. The van der Waals surface area contributed by atoms with Crippen LogP contribution >= 0.6 is 22.9 Å². The van der Waals surface area contributed by atoms with Crippen LogP contribution in [0.1, 0.15) is 18.5 Å². The fraction of sp³-hybridized carbons (Fsp3) is 0.167. The average Bonchev–Trinajstić information content (AvgIpc) is 2.65. The zero-order valence-electron chi connectivity index (χ0n) is 8.41. The maximum atomic E-state index is 5.93.